The van der Waals surface area contributed by atoms with E-state index in [9.17, 15) is 4.79 Å². The number of fused-ring (bicyclic) bond motifs is 1. The van der Waals surface area contributed by atoms with E-state index in [1.54, 1.807) is 21.0 Å². The summed E-state index contributed by atoms with van der Waals surface area (Å²) < 4.78 is 21.6. The fourth-order valence-electron chi connectivity index (χ4n) is 3.75. The lowest BCUT2D eigenvalue weighted by Gasteiger charge is -2.42. The van der Waals surface area contributed by atoms with Crippen LogP contribution in [0.1, 0.15) is 65.5 Å². The summed E-state index contributed by atoms with van der Waals surface area (Å²) in [5.74, 6) is 3.50. The van der Waals surface area contributed by atoms with Gasteiger partial charge in [0.15, 0.2) is 6.79 Å². The van der Waals surface area contributed by atoms with Crippen LogP contribution in [0.2, 0.25) is 0 Å². The van der Waals surface area contributed by atoms with E-state index in [1.165, 1.54) is 29.0 Å². The highest BCUT2D eigenvalue weighted by Gasteiger charge is 2.39. The molecule has 5 nitrogen and oxygen atoms in total. The van der Waals surface area contributed by atoms with E-state index in [0.717, 1.165) is 23.5 Å². The number of thioether (sulfide) groups is 1. The number of benzene rings is 1. The van der Waals surface area contributed by atoms with Crippen molar-refractivity contribution in [2.24, 2.45) is 0 Å². The number of allylic oxidation sites excluding steroid dienone is 1. The Bertz CT molecular complexity index is 889. The Kier molecular flexibility index (Phi) is 9.69. The molecular formula is C26H36O5S. The number of esters is 1. The Morgan fingerprint density at radius 2 is 1.88 bits per heavy atom. The number of hydrogen-bond donors (Lipinski definition) is 0. The molecule has 0 saturated carbocycles. The van der Waals surface area contributed by atoms with E-state index in [2.05, 4.69) is 44.9 Å². The zero-order valence-corrected chi connectivity index (χ0v) is 21.2. The first-order valence-corrected chi connectivity index (χ1v) is 11.8. The highest BCUT2D eigenvalue weighted by molar-refractivity contribution is 8.04. The largest absolute Gasteiger partial charge is 0.467 e. The zero-order valence-electron chi connectivity index (χ0n) is 20.4. The summed E-state index contributed by atoms with van der Waals surface area (Å²) in [5, 5.41) is 3.10. The predicted molar refractivity (Wildman–Crippen MR) is 129 cm³/mol. The smallest absolute Gasteiger partial charge is 0.331 e. The van der Waals surface area contributed by atoms with Crippen molar-refractivity contribution in [2.45, 2.75) is 70.1 Å². The van der Waals surface area contributed by atoms with Crippen molar-refractivity contribution in [3.05, 3.63) is 34.9 Å². The summed E-state index contributed by atoms with van der Waals surface area (Å²) in [6.45, 7) is 14.2. The van der Waals surface area contributed by atoms with Gasteiger partial charge < -0.3 is 18.9 Å². The molecule has 0 amide bonds. The molecule has 0 bridgehead atoms. The van der Waals surface area contributed by atoms with Crippen molar-refractivity contribution in [1.82, 2.24) is 0 Å². The number of carbonyl (C=O) groups excluding carboxylic acids is 1. The number of rotatable bonds is 9. The van der Waals surface area contributed by atoms with Gasteiger partial charge in [0, 0.05) is 29.2 Å². The SMILES string of the molecule is CCOC(=O)/C=C(\C)C#CSc1cc(OCOCCOC)c2c(c1)C(C)(C)CCC2(C)C. The molecule has 6 heteroatoms. The topological polar surface area (TPSA) is 54.0 Å². The Morgan fingerprint density at radius 1 is 1.16 bits per heavy atom. The van der Waals surface area contributed by atoms with Gasteiger partial charge in [-0.05, 0) is 72.2 Å². The quantitative estimate of drug-likeness (QED) is 0.119. The molecule has 0 saturated heterocycles. The van der Waals surface area contributed by atoms with Gasteiger partial charge in [0.25, 0.3) is 0 Å². The van der Waals surface area contributed by atoms with E-state index in [4.69, 9.17) is 18.9 Å². The molecular weight excluding hydrogens is 424 g/mol. The summed E-state index contributed by atoms with van der Waals surface area (Å²) in [4.78, 5) is 12.6. The van der Waals surface area contributed by atoms with Crippen LogP contribution < -0.4 is 4.74 Å². The molecule has 2 rings (SSSR count). The van der Waals surface area contributed by atoms with E-state index < -0.39 is 0 Å². The van der Waals surface area contributed by atoms with Gasteiger partial charge in [-0.25, -0.2) is 4.79 Å². The number of ether oxygens (including phenoxy) is 4. The molecule has 0 aromatic heterocycles. The first kappa shape index (κ1) is 26.3. The monoisotopic (exact) mass is 460 g/mol. The van der Waals surface area contributed by atoms with Crippen LogP contribution in [0.25, 0.3) is 0 Å². The molecule has 0 radical (unpaired) electrons. The fraction of sp³-hybridized carbons (Fsp3) is 0.577. The standard InChI is InChI=1S/C26H36O5S/c1-8-30-23(27)15-19(2)9-14-32-20-16-21-24(26(5,6)11-10-25(21,3)4)22(17-20)31-18-29-13-12-28-7/h15-17H,8,10-13,18H2,1-7H3/b19-15+. The first-order valence-electron chi connectivity index (χ1n) is 11.0. The van der Waals surface area contributed by atoms with Crippen molar-refractivity contribution in [2.75, 3.05) is 33.7 Å². The zero-order chi connectivity index (χ0) is 23.8. The van der Waals surface area contributed by atoms with Crippen LogP contribution in [0, 0.1) is 11.2 Å². The summed E-state index contributed by atoms with van der Waals surface area (Å²) >= 11 is 1.43. The Labute approximate surface area is 197 Å². The molecule has 1 aliphatic carbocycles. The molecule has 1 aromatic rings. The van der Waals surface area contributed by atoms with Crippen LogP contribution in [0.15, 0.2) is 28.7 Å². The lowest BCUT2D eigenvalue weighted by Crippen LogP contribution is -2.34. The molecule has 0 atom stereocenters. The second kappa shape index (κ2) is 11.8. The number of hydrogen-bond acceptors (Lipinski definition) is 6. The van der Waals surface area contributed by atoms with Gasteiger partial charge in [0.05, 0.1) is 19.8 Å². The highest BCUT2D eigenvalue weighted by atomic mass is 32.2. The fourth-order valence-corrected chi connectivity index (χ4v) is 4.42. The van der Waals surface area contributed by atoms with Crippen LogP contribution in [0.4, 0.5) is 0 Å². The molecule has 0 heterocycles. The summed E-state index contributed by atoms with van der Waals surface area (Å²) in [7, 11) is 1.65. The van der Waals surface area contributed by atoms with Crippen molar-refractivity contribution in [1.29, 1.82) is 0 Å². The summed E-state index contributed by atoms with van der Waals surface area (Å²) in [6.07, 6.45) is 3.62. The lowest BCUT2D eigenvalue weighted by molar-refractivity contribution is -0.137. The maximum absolute atomic E-state index is 11.6. The van der Waals surface area contributed by atoms with Crippen LogP contribution in [0.3, 0.4) is 0 Å². The van der Waals surface area contributed by atoms with Gasteiger partial charge in [0.2, 0.25) is 0 Å². The number of carbonyl (C=O) groups is 1. The molecule has 32 heavy (non-hydrogen) atoms. The Morgan fingerprint density at radius 3 is 2.56 bits per heavy atom. The average molecular weight is 461 g/mol. The van der Waals surface area contributed by atoms with E-state index in [0.29, 0.717) is 25.4 Å². The van der Waals surface area contributed by atoms with E-state index in [-0.39, 0.29) is 23.6 Å². The third kappa shape index (κ3) is 7.30. The van der Waals surface area contributed by atoms with Crippen molar-refractivity contribution >= 4 is 17.7 Å². The molecule has 0 aliphatic heterocycles. The third-order valence-electron chi connectivity index (χ3n) is 5.62. The maximum atomic E-state index is 11.6. The minimum absolute atomic E-state index is 0.0144. The Balaban J connectivity index is 2.32. The Hall–Kier alpha value is -1.94. The van der Waals surface area contributed by atoms with E-state index in [1.807, 2.05) is 6.07 Å². The first-order chi connectivity index (χ1) is 15.1. The van der Waals surface area contributed by atoms with Crippen LogP contribution in [-0.2, 0) is 29.8 Å². The predicted octanol–water partition coefficient (Wildman–Crippen LogP) is 5.60. The average Bonchev–Trinajstić information content (AvgIpc) is 2.71. The highest BCUT2D eigenvalue weighted by Crippen LogP contribution is 2.50. The maximum Gasteiger partial charge on any atom is 0.331 e. The molecule has 0 spiro atoms. The molecule has 176 valence electrons. The van der Waals surface area contributed by atoms with Gasteiger partial charge in [-0.2, -0.15) is 0 Å². The molecule has 1 aliphatic rings. The molecule has 0 N–H and O–H groups in total. The van der Waals surface area contributed by atoms with Gasteiger partial charge >= 0.3 is 5.97 Å². The van der Waals surface area contributed by atoms with Gasteiger partial charge in [-0.3, -0.25) is 0 Å². The van der Waals surface area contributed by atoms with Gasteiger partial charge in [0.1, 0.15) is 5.75 Å². The van der Waals surface area contributed by atoms with Crippen molar-refractivity contribution in [3.8, 4) is 16.9 Å². The molecule has 0 fully saturated rings. The van der Waals surface area contributed by atoms with E-state index >= 15 is 0 Å². The normalized spacial score (nSPS) is 16.5. The van der Waals surface area contributed by atoms with Crippen LogP contribution in [0.5, 0.6) is 5.75 Å². The van der Waals surface area contributed by atoms with Crippen LogP contribution >= 0.6 is 11.8 Å². The van der Waals surface area contributed by atoms with Gasteiger partial charge in [-0.1, -0.05) is 33.6 Å². The number of methoxy groups -OCH3 is 1. The van der Waals surface area contributed by atoms with Crippen LogP contribution in [-0.4, -0.2) is 39.7 Å². The summed E-state index contributed by atoms with van der Waals surface area (Å²) in [6, 6.07) is 4.28. The minimum Gasteiger partial charge on any atom is -0.467 e. The minimum atomic E-state index is -0.369. The van der Waals surface area contributed by atoms with Crippen molar-refractivity contribution in [3.63, 3.8) is 0 Å². The molecule has 1 aromatic carbocycles. The van der Waals surface area contributed by atoms with Gasteiger partial charge in [-0.15, -0.1) is 0 Å². The summed E-state index contributed by atoms with van der Waals surface area (Å²) in [5.41, 5.74) is 3.27. The second-order valence-corrected chi connectivity index (χ2v) is 10.1. The molecule has 0 unspecified atom stereocenters. The lowest BCUT2D eigenvalue weighted by atomic mass is 9.63. The second-order valence-electron chi connectivity index (χ2n) is 9.18. The third-order valence-corrected chi connectivity index (χ3v) is 6.30. The van der Waals surface area contributed by atoms with Crippen molar-refractivity contribution < 1.29 is 23.7 Å².